The summed E-state index contributed by atoms with van der Waals surface area (Å²) >= 11 is 0. The summed E-state index contributed by atoms with van der Waals surface area (Å²) in [5, 5.41) is 19.7. The van der Waals surface area contributed by atoms with Gasteiger partial charge >= 0.3 is 0 Å². The van der Waals surface area contributed by atoms with Gasteiger partial charge in [0.15, 0.2) is 0 Å². The molecule has 4 heteroatoms. The van der Waals surface area contributed by atoms with Crippen molar-refractivity contribution in [3.63, 3.8) is 0 Å². The highest BCUT2D eigenvalue weighted by Crippen LogP contribution is 2.37. The Labute approximate surface area is 162 Å². The lowest BCUT2D eigenvalue weighted by atomic mass is 10.1. The second-order valence-electron chi connectivity index (χ2n) is 6.08. The maximum absolute atomic E-state index is 8.92. The van der Waals surface area contributed by atoms with Crippen molar-refractivity contribution in [2.45, 2.75) is 0 Å². The van der Waals surface area contributed by atoms with Crippen LogP contribution in [0.3, 0.4) is 0 Å². The van der Waals surface area contributed by atoms with E-state index in [0.717, 1.165) is 10.8 Å². The Morgan fingerprint density at radius 2 is 0.893 bits per heavy atom. The van der Waals surface area contributed by atoms with Gasteiger partial charge in [0.05, 0.1) is 23.3 Å². The summed E-state index contributed by atoms with van der Waals surface area (Å²) < 4.78 is 12.1. The molecule has 0 unspecified atom stereocenters. The fourth-order valence-corrected chi connectivity index (χ4v) is 2.87. The Morgan fingerprint density at radius 1 is 0.500 bits per heavy atom. The largest absolute Gasteiger partial charge is 0.457 e. The number of nitrogens with zero attached hydrogens (tertiary/aromatic N) is 2. The standard InChI is InChI=1S/C24H14N2O2/c25-15-17-5-9-19(10-6-17)27-23-13-14-24(22-4-2-1-3-21(22)23)28-20-11-7-18(16-26)8-12-20/h1-14H. The van der Waals surface area contributed by atoms with Gasteiger partial charge in [0.25, 0.3) is 0 Å². The molecule has 4 rings (SSSR count). The van der Waals surface area contributed by atoms with E-state index in [9.17, 15) is 0 Å². The van der Waals surface area contributed by atoms with Gasteiger partial charge in [-0.15, -0.1) is 0 Å². The van der Waals surface area contributed by atoms with Gasteiger partial charge in [0.1, 0.15) is 23.0 Å². The summed E-state index contributed by atoms with van der Waals surface area (Å²) in [5.74, 6) is 2.72. The van der Waals surface area contributed by atoms with E-state index in [4.69, 9.17) is 20.0 Å². The first-order valence-corrected chi connectivity index (χ1v) is 8.64. The Morgan fingerprint density at radius 3 is 1.25 bits per heavy atom. The van der Waals surface area contributed by atoms with Crippen molar-refractivity contribution in [1.29, 1.82) is 10.5 Å². The maximum atomic E-state index is 8.92. The minimum absolute atomic E-state index is 0.586. The molecule has 4 aromatic carbocycles. The molecule has 0 N–H and O–H groups in total. The number of fused-ring (bicyclic) bond motifs is 1. The monoisotopic (exact) mass is 362 g/mol. The normalized spacial score (nSPS) is 10.1. The quantitative estimate of drug-likeness (QED) is 0.435. The van der Waals surface area contributed by atoms with Crippen LogP contribution in [0.4, 0.5) is 0 Å². The topological polar surface area (TPSA) is 66.0 Å². The van der Waals surface area contributed by atoms with Crippen LogP contribution in [0.15, 0.2) is 84.9 Å². The van der Waals surface area contributed by atoms with Gasteiger partial charge in [0, 0.05) is 10.8 Å². The first kappa shape index (κ1) is 17.1. The third kappa shape index (κ3) is 3.49. The minimum Gasteiger partial charge on any atom is -0.457 e. The SMILES string of the molecule is N#Cc1ccc(Oc2ccc(Oc3ccc(C#N)cc3)c3ccccc23)cc1. The second-order valence-corrected chi connectivity index (χ2v) is 6.08. The van der Waals surface area contributed by atoms with Crippen molar-refractivity contribution in [1.82, 2.24) is 0 Å². The van der Waals surface area contributed by atoms with Crippen molar-refractivity contribution in [3.05, 3.63) is 96.1 Å². The molecule has 0 aliphatic rings. The lowest BCUT2D eigenvalue weighted by Crippen LogP contribution is -1.90. The molecule has 4 aromatic rings. The molecule has 0 saturated heterocycles. The molecule has 132 valence electrons. The molecule has 0 spiro atoms. The van der Waals surface area contributed by atoms with Crippen LogP contribution in [-0.4, -0.2) is 0 Å². The highest BCUT2D eigenvalue weighted by molar-refractivity contribution is 5.93. The third-order valence-corrected chi connectivity index (χ3v) is 4.27. The zero-order valence-corrected chi connectivity index (χ0v) is 14.8. The average Bonchev–Trinajstić information content (AvgIpc) is 2.76. The predicted octanol–water partition coefficient (Wildman–Crippen LogP) is 6.17. The number of ether oxygens (including phenoxy) is 2. The zero-order valence-electron chi connectivity index (χ0n) is 14.8. The minimum atomic E-state index is 0.586. The molecule has 0 heterocycles. The molecule has 0 saturated carbocycles. The van der Waals surface area contributed by atoms with Gasteiger partial charge in [-0.2, -0.15) is 10.5 Å². The smallest absolute Gasteiger partial charge is 0.135 e. The highest BCUT2D eigenvalue weighted by atomic mass is 16.5. The fraction of sp³-hybridized carbons (Fsp3) is 0. The van der Waals surface area contributed by atoms with Crippen LogP contribution in [0.5, 0.6) is 23.0 Å². The van der Waals surface area contributed by atoms with Crippen molar-refractivity contribution >= 4 is 10.8 Å². The molecule has 28 heavy (non-hydrogen) atoms. The fourth-order valence-electron chi connectivity index (χ4n) is 2.87. The molecule has 0 aliphatic heterocycles. The molecule has 0 atom stereocenters. The van der Waals surface area contributed by atoms with Crippen LogP contribution in [0, 0.1) is 22.7 Å². The number of hydrogen-bond acceptors (Lipinski definition) is 4. The van der Waals surface area contributed by atoms with Gasteiger partial charge in [-0.3, -0.25) is 0 Å². The van der Waals surface area contributed by atoms with Gasteiger partial charge in [-0.1, -0.05) is 24.3 Å². The molecule has 0 fully saturated rings. The summed E-state index contributed by atoms with van der Waals surface area (Å²) in [5.41, 5.74) is 1.17. The second kappa shape index (κ2) is 7.53. The summed E-state index contributed by atoms with van der Waals surface area (Å²) in [6, 6.07) is 29.7. The van der Waals surface area contributed by atoms with Gasteiger partial charge in [0.2, 0.25) is 0 Å². The first-order chi connectivity index (χ1) is 13.8. The van der Waals surface area contributed by atoms with E-state index in [1.165, 1.54) is 0 Å². The molecule has 0 radical (unpaired) electrons. The zero-order chi connectivity index (χ0) is 19.3. The third-order valence-electron chi connectivity index (χ3n) is 4.27. The predicted molar refractivity (Wildman–Crippen MR) is 106 cm³/mol. The van der Waals surface area contributed by atoms with Gasteiger partial charge in [-0.25, -0.2) is 0 Å². The van der Waals surface area contributed by atoms with Crippen LogP contribution in [0.2, 0.25) is 0 Å². The average molecular weight is 362 g/mol. The lowest BCUT2D eigenvalue weighted by molar-refractivity contribution is 0.477. The molecule has 0 bridgehead atoms. The van der Waals surface area contributed by atoms with E-state index in [1.807, 2.05) is 36.4 Å². The number of nitriles is 2. The molecule has 0 aliphatic carbocycles. The van der Waals surface area contributed by atoms with E-state index in [-0.39, 0.29) is 0 Å². The van der Waals surface area contributed by atoms with E-state index in [2.05, 4.69) is 12.1 Å². The Balaban J connectivity index is 1.67. The summed E-state index contributed by atoms with van der Waals surface area (Å²) in [7, 11) is 0. The highest BCUT2D eigenvalue weighted by Gasteiger charge is 2.10. The van der Waals surface area contributed by atoms with E-state index < -0.39 is 0 Å². The molecule has 0 aromatic heterocycles. The lowest BCUT2D eigenvalue weighted by Gasteiger charge is -2.13. The molecular formula is C24H14N2O2. The molecular weight excluding hydrogens is 348 g/mol. The van der Waals surface area contributed by atoms with Crippen LogP contribution in [0.25, 0.3) is 10.8 Å². The van der Waals surface area contributed by atoms with E-state index in [0.29, 0.717) is 34.1 Å². The van der Waals surface area contributed by atoms with E-state index >= 15 is 0 Å². The number of rotatable bonds is 4. The summed E-state index contributed by atoms with van der Waals surface area (Å²) in [4.78, 5) is 0. The Kier molecular flexibility index (Phi) is 4.61. The van der Waals surface area contributed by atoms with Crippen molar-refractivity contribution in [2.75, 3.05) is 0 Å². The Bertz CT molecular complexity index is 1120. The van der Waals surface area contributed by atoms with Crippen LogP contribution >= 0.6 is 0 Å². The summed E-state index contributed by atoms with van der Waals surface area (Å²) in [6.07, 6.45) is 0. The maximum Gasteiger partial charge on any atom is 0.135 e. The Hall–Kier alpha value is -4.28. The van der Waals surface area contributed by atoms with Crippen LogP contribution < -0.4 is 9.47 Å². The number of hydrogen-bond donors (Lipinski definition) is 0. The van der Waals surface area contributed by atoms with E-state index in [1.54, 1.807) is 48.5 Å². The van der Waals surface area contributed by atoms with Gasteiger partial charge in [-0.05, 0) is 60.7 Å². The number of benzene rings is 4. The summed E-state index contributed by atoms with van der Waals surface area (Å²) in [6.45, 7) is 0. The first-order valence-electron chi connectivity index (χ1n) is 8.64. The van der Waals surface area contributed by atoms with Crippen molar-refractivity contribution in [2.24, 2.45) is 0 Å². The van der Waals surface area contributed by atoms with Crippen molar-refractivity contribution in [3.8, 4) is 35.1 Å². The molecule has 4 nitrogen and oxygen atoms in total. The van der Waals surface area contributed by atoms with Gasteiger partial charge < -0.3 is 9.47 Å². The van der Waals surface area contributed by atoms with Crippen LogP contribution in [-0.2, 0) is 0 Å². The molecule has 0 amide bonds. The van der Waals surface area contributed by atoms with Crippen LogP contribution in [0.1, 0.15) is 11.1 Å². The van der Waals surface area contributed by atoms with Crippen molar-refractivity contribution < 1.29 is 9.47 Å².